The molecule has 0 saturated heterocycles. The molecule has 0 aliphatic rings. The van der Waals surface area contributed by atoms with Crippen LogP contribution in [-0.2, 0) is 16.2 Å². The molecule has 1 aromatic carbocycles. The minimum Gasteiger partial charge on any atom is -0.443 e. The molecule has 3 aromatic heterocycles. The molecule has 3 heterocycles. The molecule has 4 rings (SSSR count). The second-order valence-corrected chi connectivity index (χ2v) is 9.30. The van der Waals surface area contributed by atoms with Gasteiger partial charge in [-0.25, -0.2) is 14.3 Å². The van der Waals surface area contributed by atoms with Gasteiger partial charge in [-0.05, 0) is 50.6 Å². The number of hydrogen-bond acceptors (Lipinski definition) is 5. The summed E-state index contributed by atoms with van der Waals surface area (Å²) in [6, 6.07) is 15.0. The number of rotatable bonds is 4. The van der Waals surface area contributed by atoms with Gasteiger partial charge >= 0.3 is 6.09 Å². The lowest BCUT2D eigenvalue weighted by molar-refractivity contribution is 0.0546. The highest BCUT2D eigenvalue weighted by molar-refractivity contribution is 14.1. The lowest BCUT2D eigenvalue weighted by Gasteiger charge is -2.21. The maximum Gasteiger partial charge on any atom is 0.420 e. The van der Waals surface area contributed by atoms with Crippen molar-refractivity contribution < 1.29 is 14.3 Å². The molecule has 0 aliphatic heterocycles. The number of aromatic nitrogens is 4. The summed E-state index contributed by atoms with van der Waals surface area (Å²) < 4.78 is 9.45. The third kappa shape index (κ3) is 4.77. The molecule has 33 heavy (non-hydrogen) atoms. The SMILES string of the molecule is Cn1nccc1C(=O)Nc1ccc2cc(-c3ccccc3CI)n(C(=O)OC(C)(C)C)c2n1. The van der Waals surface area contributed by atoms with Crippen LogP contribution in [0, 0.1) is 0 Å². The van der Waals surface area contributed by atoms with Crippen LogP contribution in [0.1, 0.15) is 36.8 Å². The van der Waals surface area contributed by atoms with E-state index in [0.29, 0.717) is 22.9 Å². The van der Waals surface area contributed by atoms with Crippen LogP contribution in [-0.4, -0.2) is 36.9 Å². The van der Waals surface area contributed by atoms with E-state index in [1.165, 1.54) is 9.25 Å². The fourth-order valence-corrected chi connectivity index (χ4v) is 4.17. The number of carbonyl (C=O) groups is 2. The first-order chi connectivity index (χ1) is 15.7. The van der Waals surface area contributed by atoms with E-state index in [1.807, 2.05) is 57.2 Å². The fourth-order valence-electron chi connectivity index (χ4n) is 3.50. The Bertz CT molecular complexity index is 1350. The molecule has 0 bridgehead atoms. The highest BCUT2D eigenvalue weighted by Gasteiger charge is 2.25. The number of halogens is 1. The van der Waals surface area contributed by atoms with Gasteiger partial charge in [0.25, 0.3) is 5.91 Å². The number of ether oxygens (including phenoxy) is 1. The van der Waals surface area contributed by atoms with E-state index < -0.39 is 11.7 Å². The zero-order valence-electron chi connectivity index (χ0n) is 18.8. The lowest BCUT2D eigenvalue weighted by Crippen LogP contribution is -2.27. The molecule has 0 saturated carbocycles. The standard InChI is InChI=1S/C24H24IN5O3/c1-24(2,3)33-23(32)30-19(17-8-6-5-7-16(17)14-25)13-15-9-10-20(27-21(15)30)28-22(31)18-11-12-26-29(18)4/h5-13H,14H2,1-4H3,(H,27,28,31). The van der Waals surface area contributed by atoms with Crippen LogP contribution >= 0.6 is 22.6 Å². The number of pyridine rings is 1. The molecular weight excluding hydrogens is 533 g/mol. The maximum atomic E-state index is 13.3. The van der Waals surface area contributed by atoms with Crippen LogP contribution in [0.15, 0.2) is 54.7 Å². The number of anilines is 1. The van der Waals surface area contributed by atoms with E-state index >= 15 is 0 Å². The Morgan fingerprint density at radius 1 is 1.12 bits per heavy atom. The summed E-state index contributed by atoms with van der Waals surface area (Å²) in [4.78, 5) is 30.5. The van der Waals surface area contributed by atoms with Gasteiger partial charge in [0.2, 0.25) is 0 Å². The second-order valence-electron chi connectivity index (χ2n) is 8.54. The number of amides is 1. The largest absolute Gasteiger partial charge is 0.443 e. The Balaban J connectivity index is 1.84. The van der Waals surface area contributed by atoms with Crippen molar-refractivity contribution in [2.24, 2.45) is 7.05 Å². The third-order valence-electron chi connectivity index (χ3n) is 4.96. The van der Waals surface area contributed by atoms with Crippen LogP contribution in [0.4, 0.5) is 10.6 Å². The van der Waals surface area contributed by atoms with Crippen molar-refractivity contribution in [1.82, 2.24) is 19.3 Å². The first-order valence-electron chi connectivity index (χ1n) is 10.4. The molecule has 170 valence electrons. The van der Waals surface area contributed by atoms with E-state index in [0.717, 1.165) is 20.9 Å². The number of hydrogen-bond donors (Lipinski definition) is 1. The fraction of sp³-hybridized carbons (Fsp3) is 0.250. The van der Waals surface area contributed by atoms with Gasteiger partial charge in [-0.15, -0.1) is 0 Å². The van der Waals surface area contributed by atoms with Gasteiger partial charge in [-0.2, -0.15) is 5.10 Å². The summed E-state index contributed by atoms with van der Waals surface area (Å²) in [7, 11) is 1.69. The Morgan fingerprint density at radius 2 is 1.88 bits per heavy atom. The Hall–Kier alpha value is -3.21. The minimum absolute atomic E-state index is 0.324. The Kier molecular flexibility index (Phi) is 6.24. The zero-order chi connectivity index (χ0) is 23.8. The number of nitrogens with zero attached hydrogens (tertiary/aromatic N) is 4. The van der Waals surface area contributed by atoms with E-state index in [1.54, 1.807) is 25.4 Å². The quantitative estimate of drug-likeness (QED) is 0.268. The number of fused-ring (bicyclic) bond motifs is 1. The Labute approximate surface area is 205 Å². The van der Waals surface area contributed by atoms with Gasteiger partial charge in [0.1, 0.15) is 17.1 Å². The van der Waals surface area contributed by atoms with Crippen molar-refractivity contribution in [3.63, 3.8) is 0 Å². The summed E-state index contributed by atoms with van der Waals surface area (Å²) in [5.41, 5.74) is 2.83. The average molecular weight is 557 g/mol. The van der Waals surface area contributed by atoms with Crippen molar-refractivity contribution in [3.8, 4) is 11.3 Å². The van der Waals surface area contributed by atoms with Gasteiger partial charge in [-0.3, -0.25) is 9.48 Å². The minimum atomic E-state index is -0.681. The maximum absolute atomic E-state index is 13.3. The van der Waals surface area contributed by atoms with Crippen molar-refractivity contribution in [2.75, 3.05) is 5.32 Å². The summed E-state index contributed by atoms with van der Waals surface area (Å²) in [6.07, 6.45) is 1.02. The van der Waals surface area contributed by atoms with E-state index in [2.05, 4.69) is 38.0 Å². The van der Waals surface area contributed by atoms with Crippen LogP contribution in [0.2, 0.25) is 0 Å². The molecular formula is C24H24IN5O3. The highest BCUT2D eigenvalue weighted by Crippen LogP contribution is 2.32. The number of benzene rings is 1. The predicted octanol–water partition coefficient (Wildman–Crippen LogP) is 5.41. The van der Waals surface area contributed by atoms with Gasteiger partial charge in [0.05, 0.1) is 5.69 Å². The summed E-state index contributed by atoms with van der Waals surface area (Å²) in [5.74, 6) is -0.0157. The van der Waals surface area contributed by atoms with Gasteiger partial charge in [0, 0.05) is 28.6 Å². The van der Waals surface area contributed by atoms with E-state index in [-0.39, 0.29) is 5.91 Å². The van der Waals surface area contributed by atoms with Crippen molar-refractivity contribution in [2.45, 2.75) is 30.8 Å². The molecule has 0 atom stereocenters. The van der Waals surface area contributed by atoms with E-state index in [4.69, 9.17) is 4.74 Å². The number of aryl methyl sites for hydroxylation is 1. The molecule has 4 aromatic rings. The molecule has 0 radical (unpaired) electrons. The van der Waals surface area contributed by atoms with Crippen molar-refractivity contribution in [1.29, 1.82) is 0 Å². The number of alkyl halides is 1. The molecule has 0 unspecified atom stereocenters. The first kappa shape index (κ1) is 23.0. The topological polar surface area (TPSA) is 91.0 Å². The molecule has 1 amide bonds. The smallest absolute Gasteiger partial charge is 0.420 e. The first-order valence-corrected chi connectivity index (χ1v) is 11.9. The van der Waals surface area contributed by atoms with Crippen LogP contribution in [0.5, 0.6) is 0 Å². The van der Waals surface area contributed by atoms with Gasteiger partial charge in [0.15, 0.2) is 5.65 Å². The molecule has 0 spiro atoms. The zero-order valence-corrected chi connectivity index (χ0v) is 21.0. The molecule has 0 aliphatic carbocycles. The summed E-state index contributed by atoms with van der Waals surface area (Å²) in [6.45, 7) is 5.46. The van der Waals surface area contributed by atoms with Crippen molar-refractivity contribution >= 4 is 51.4 Å². The highest BCUT2D eigenvalue weighted by atomic mass is 127. The normalized spacial score (nSPS) is 11.5. The molecule has 9 heteroatoms. The number of nitrogens with one attached hydrogen (secondary N) is 1. The average Bonchev–Trinajstić information content (AvgIpc) is 3.35. The van der Waals surface area contributed by atoms with Gasteiger partial charge < -0.3 is 10.1 Å². The summed E-state index contributed by atoms with van der Waals surface area (Å²) in [5, 5.41) is 7.57. The summed E-state index contributed by atoms with van der Waals surface area (Å²) >= 11 is 2.31. The predicted molar refractivity (Wildman–Crippen MR) is 136 cm³/mol. The lowest BCUT2D eigenvalue weighted by atomic mass is 10.1. The molecule has 8 nitrogen and oxygen atoms in total. The van der Waals surface area contributed by atoms with E-state index in [9.17, 15) is 9.59 Å². The van der Waals surface area contributed by atoms with Crippen LogP contribution in [0.3, 0.4) is 0 Å². The third-order valence-corrected chi connectivity index (χ3v) is 5.78. The van der Waals surface area contributed by atoms with Gasteiger partial charge in [-0.1, -0.05) is 46.9 Å². The molecule has 0 fully saturated rings. The Morgan fingerprint density at radius 3 is 2.55 bits per heavy atom. The van der Waals surface area contributed by atoms with Crippen molar-refractivity contribution in [3.05, 3.63) is 66.0 Å². The monoisotopic (exact) mass is 557 g/mol. The second kappa shape index (κ2) is 8.97. The molecule has 1 N–H and O–H groups in total. The van der Waals surface area contributed by atoms with Crippen LogP contribution < -0.4 is 5.32 Å². The van der Waals surface area contributed by atoms with Crippen LogP contribution in [0.25, 0.3) is 22.3 Å². The number of carbonyl (C=O) groups excluding carboxylic acids is 2.